The summed E-state index contributed by atoms with van der Waals surface area (Å²) in [6, 6.07) is 5.68. The van der Waals surface area contributed by atoms with Crippen molar-refractivity contribution >= 4 is 15.7 Å². The Bertz CT molecular complexity index is 599. The predicted molar refractivity (Wildman–Crippen MR) is 80.5 cm³/mol. The van der Waals surface area contributed by atoms with Gasteiger partial charge in [-0.15, -0.1) is 0 Å². The number of nitrogens with one attached hydrogen (secondary N) is 2. The van der Waals surface area contributed by atoms with Crippen LogP contribution in [-0.4, -0.2) is 40.0 Å². The summed E-state index contributed by atoms with van der Waals surface area (Å²) in [6.45, 7) is 1.74. The molecule has 116 valence electrons. The molecule has 0 bridgehead atoms. The fourth-order valence-corrected chi connectivity index (χ4v) is 3.31. The molecule has 0 atom stereocenters. The third-order valence-electron chi connectivity index (χ3n) is 3.42. The molecular formula is C14H20N2O4S. The van der Waals surface area contributed by atoms with Crippen molar-refractivity contribution in [2.45, 2.75) is 25.3 Å². The maximum absolute atomic E-state index is 12.0. The van der Waals surface area contributed by atoms with E-state index in [1.807, 2.05) is 0 Å². The van der Waals surface area contributed by atoms with Crippen LogP contribution in [0, 0.1) is 0 Å². The molecule has 1 aromatic rings. The fraction of sp³-hybridized carbons (Fsp3) is 0.571. The third-order valence-corrected chi connectivity index (χ3v) is 4.79. The standard InChI is InChI=1S/C14H20N2O4S/c17-21(18,9-1-6-15-11-2-3-11)16-12-4-5-13-14(10-12)20-8-7-19-13/h4-5,10-11,15-16H,1-3,6-9H2. The molecule has 0 saturated heterocycles. The molecule has 6 nitrogen and oxygen atoms in total. The van der Waals surface area contributed by atoms with Crippen molar-refractivity contribution < 1.29 is 17.9 Å². The number of fused-ring (bicyclic) bond motifs is 1. The molecule has 1 aliphatic carbocycles. The van der Waals surface area contributed by atoms with Crippen molar-refractivity contribution in [2.24, 2.45) is 0 Å². The van der Waals surface area contributed by atoms with Crippen molar-refractivity contribution in [3.8, 4) is 11.5 Å². The first kappa shape index (κ1) is 14.5. The number of hydrogen-bond acceptors (Lipinski definition) is 5. The molecule has 21 heavy (non-hydrogen) atoms. The van der Waals surface area contributed by atoms with E-state index >= 15 is 0 Å². The van der Waals surface area contributed by atoms with Crippen molar-refractivity contribution in [1.82, 2.24) is 5.32 Å². The van der Waals surface area contributed by atoms with Gasteiger partial charge in [0.25, 0.3) is 0 Å². The topological polar surface area (TPSA) is 76.7 Å². The minimum Gasteiger partial charge on any atom is -0.486 e. The monoisotopic (exact) mass is 312 g/mol. The van der Waals surface area contributed by atoms with Crippen molar-refractivity contribution in [3.63, 3.8) is 0 Å². The van der Waals surface area contributed by atoms with E-state index in [0.29, 0.717) is 42.9 Å². The van der Waals surface area contributed by atoms with Crippen LogP contribution in [0.1, 0.15) is 19.3 Å². The zero-order chi connectivity index (χ0) is 14.7. The van der Waals surface area contributed by atoms with Crippen LogP contribution >= 0.6 is 0 Å². The first-order valence-corrected chi connectivity index (χ1v) is 8.91. The van der Waals surface area contributed by atoms with Gasteiger partial charge in [-0.05, 0) is 37.9 Å². The van der Waals surface area contributed by atoms with Crippen LogP contribution in [-0.2, 0) is 10.0 Å². The molecule has 0 amide bonds. The van der Waals surface area contributed by atoms with E-state index < -0.39 is 10.0 Å². The quantitative estimate of drug-likeness (QED) is 0.743. The van der Waals surface area contributed by atoms with Crippen LogP contribution in [0.25, 0.3) is 0 Å². The maximum atomic E-state index is 12.0. The Morgan fingerprint density at radius 3 is 2.67 bits per heavy atom. The molecule has 0 aromatic heterocycles. The number of ether oxygens (including phenoxy) is 2. The van der Waals surface area contributed by atoms with E-state index in [1.165, 1.54) is 12.8 Å². The highest BCUT2D eigenvalue weighted by atomic mass is 32.2. The van der Waals surface area contributed by atoms with Crippen LogP contribution in [0.2, 0.25) is 0 Å². The Morgan fingerprint density at radius 2 is 1.90 bits per heavy atom. The Labute approximate surface area is 124 Å². The molecule has 0 radical (unpaired) electrons. The number of benzene rings is 1. The van der Waals surface area contributed by atoms with Gasteiger partial charge < -0.3 is 14.8 Å². The van der Waals surface area contributed by atoms with Crippen LogP contribution in [0.4, 0.5) is 5.69 Å². The second-order valence-corrected chi connectivity index (χ2v) is 7.20. The van der Waals surface area contributed by atoms with Crippen LogP contribution in [0.3, 0.4) is 0 Å². The molecule has 1 aliphatic heterocycles. The molecule has 0 unspecified atom stereocenters. The van der Waals surface area contributed by atoms with Gasteiger partial charge in [0.2, 0.25) is 10.0 Å². The SMILES string of the molecule is O=S(=O)(CCCNC1CC1)Nc1ccc2c(c1)OCCO2. The van der Waals surface area contributed by atoms with Crippen LogP contribution in [0.5, 0.6) is 11.5 Å². The van der Waals surface area contributed by atoms with Crippen LogP contribution < -0.4 is 19.5 Å². The molecule has 0 spiro atoms. The Balaban J connectivity index is 1.53. The summed E-state index contributed by atoms with van der Waals surface area (Å²) in [5.41, 5.74) is 0.509. The lowest BCUT2D eigenvalue weighted by Gasteiger charge is -2.19. The van der Waals surface area contributed by atoms with Gasteiger partial charge in [0, 0.05) is 12.1 Å². The van der Waals surface area contributed by atoms with Gasteiger partial charge in [-0.25, -0.2) is 8.42 Å². The van der Waals surface area contributed by atoms with Gasteiger partial charge in [0.1, 0.15) is 13.2 Å². The maximum Gasteiger partial charge on any atom is 0.232 e. The summed E-state index contributed by atoms with van der Waals surface area (Å²) < 4.78 is 37.5. The van der Waals surface area contributed by atoms with E-state index in [1.54, 1.807) is 18.2 Å². The smallest absolute Gasteiger partial charge is 0.232 e. The van der Waals surface area contributed by atoms with Gasteiger partial charge in [0.15, 0.2) is 11.5 Å². The number of sulfonamides is 1. The summed E-state index contributed by atoms with van der Waals surface area (Å²) in [5, 5.41) is 3.31. The molecule has 7 heteroatoms. The molecule has 1 aromatic carbocycles. The minimum atomic E-state index is -3.33. The average Bonchev–Trinajstić information content (AvgIpc) is 3.27. The summed E-state index contributed by atoms with van der Waals surface area (Å²) in [7, 11) is -3.33. The second-order valence-electron chi connectivity index (χ2n) is 5.36. The van der Waals surface area contributed by atoms with Crippen molar-refractivity contribution in [2.75, 3.05) is 30.2 Å². The van der Waals surface area contributed by atoms with Gasteiger partial charge in [-0.2, -0.15) is 0 Å². The highest BCUT2D eigenvalue weighted by Gasteiger charge is 2.20. The fourth-order valence-electron chi connectivity index (χ4n) is 2.19. The Hall–Kier alpha value is -1.47. The molecule has 3 rings (SSSR count). The minimum absolute atomic E-state index is 0.112. The molecular weight excluding hydrogens is 292 g/mol. The van der Waals surface area contributed by atoms with E-state index in [9.17, 15) is 8.42 Å². The van der Waals surface area contributed by atoms with Crippen LogP contribution in [0.15, 0.2) is 18.2 Å². The highest BCUT2D eigenvalue weighted by Crippen LogP contribution is 2.32. The zero-order valence-electron chi connectivity index (χ0n) is 11.8. The van der Waals surface area contributed by atoms with Crippen molar-refractivity contribution in [1.29, 1.82) is 0 Å². The van der Waals surface area contributed by atoms with Gasteiger partial charge in [-0.3, -0.25) is 4.72 Å². The lowest BCUT2D eigenvalue weighted by molar-refractivity contribution is 0.171. The van der Waals surface area contributed by atoms with E-state index in [2.05, 4.69) is 10.0 Å². The zero-order valence-corrected chi connectivity index (χ0v) is 12.6. The van der Waals surface area contributed by atoms with E-state index in [-0.39, 0.29) is 5.75 Å². The Kier molecular flexibility index (Phi) is 4.21. The largest absolute Gasteiger partial charge is 0.486 e. The third kappa shape index (κ3) is 4.25. The molecule has 1 heterocycles. The summed E-state index contributed by atoms with van der Waals surface area (Å²) in [6.07, 6.45) is 3.03. The molecule has 2 aliphatic rings. The van der Waals surface area contributed by atoms with Gasteiger partial charge >= 0.3 is 0 Å². The number of anilines is 1. The second kappa shape index (κ2) is 6.11. The molecule has 2 N–H and O–H groups in total. The number of rotatable bonds is 7. The first-order valence-electron chi connectivity index (χ1n) is 7.26. The average molecular weight is 312 g/mol. The summed E-state index contributed by atoms with van der Waals surface area (Å²) in [5.74, 6) is 1.34. The highest BCUT2D eigenvalue weighted by molar-refractivity contribution is 7.92. The first-order chi connectivity index (χ1) is 10.1. The van der Waals surface area contributed by atoms with Gasteiger partial charge in [-0.1, -0.05) is 0 Å². The lowest BCUT2D eigenvalue weighted by atomic mass is 10.3. The summed E-state index contributed by atoms with van der Waals surface area (Å²) in [4.78, 5) is 0. The number of hydrogen-bond donors (Lipinski definition) is 2. The normalized spacial score (nSPS) is 17.5. The molecule has 1 fully saturated rings. The Morgan fingerprint density at radius 1 is 1.14 bits per heavy atom. The molecule has 1 saturated carbocycles. The van der Waals surface area contributed by atoms with E-state index in [4.69, 9.17) is 9.47 Å². The summed E-state index contributed by atoms with van der Waals surface area (Å²) >= 11 is 0. The van der Waals surface area contributed by atoms with Gasteiger partial charge in [0.05, 0.1) is 11.4 Å². The lowest BCUT2D eigenvalue weighted by Crippen LogP contribution is -2.23. The predicted octanol–water partition coefficient (Wildman–Crippen LogP) is 1.34. The van der Waals surface area contributed by atoms with Crippen molar-refractivity contribution in [3.05, 3.63) is 18.2 Å². The van der Waals surface area contributed by atoms with E-state index in [0.717, 1.165) is 6.54 Å².